The van der Waals surface area contributed by atoms with E-state index in [4.69, 9.17) is 9.52 Å². The van der Waals surface area contributed by atoms with Crippen LogP contribution < -0.4 is 5.32 Å². The van der Waals surface area contributed by atoms with E-state index in [-0.39, 0.29) is 24.4 Å². The van der Waals surface area contributed by atoms with E-state index in [0.717, 1.165) is 5.75 Å². The number of aliphatic hydroxyl groups excluding tert-OH is 1. The van der Waals surface area contributed by atoms with Crippen molar-refractivity contribution < 1.29 is 14.3 Å². The number of nitrogens with zero attached hydrogens (tertiary/aromatic N) is 2. The predicted octanol–water partition coefficient (Wildman–Crippen LogP) is 1.25. The predicted molar refractivity (Wildman–Crippen MR) is 66.0 cm³/mol. The van der Waals surface area contributed by atoms with Gasteiger partial charge in [0.25, 0.3) is 0 Å². The first-order valence-electron chi connectivity index (χ1n) is 5.45. The van der Waals surface area contributed by atoms with Gasteiger partial charge in [-0.05, 0) is 12.2 Å². The van der Waals surface area contributed by atoms with E-state index in [1.807, 2.05) is 13.8 Å². The molecule has 0 bridgehead atoms. The van der Waals surface area contributed by atoms with Crippen molar-refractivity contribution in [2.75, 3.05) is 23.4 Å². The highest BCUT2D eigenvalue weighted by Crippen LogP contribution is 2.14. The van der Waals surface area contributed by atoms with Crippen LogP contribution in [-0.4, -0.2) is 39.3 Å². The van der Waals surface area contributed by atoms with E-state index in [1.165, 1.54) is 11.8 Å². The molecule has 0 aliphatic rings. The van der Waals surface area contributed by atoms with Gasteiger partial charge in [-0.3, -0.25) is 10.1 Å². The molecule has 2 N–H and O–H groups in total. The fourth-order valence-electron chi connectivity index (χ4n) is 1.01. The molecule has 1 amide bonds. The number of aliphatic hydroxyl groups is 1. The van der Waals surface area contributed by atoms with Crippen LogP contribution in [0.2, 0.25) is 0 Å². The van der Waals surface area contributed by atoms with Gasteiger partial charge in [-0.2, -0.15) is 11.8 Å². The van der Waals surface area contributed by atoms with Gasteiger partial charge in [0.15, 0.2) is 0 Å². The Balaban J connectivity index is 2.29. The summed E-state index contributed by atoms with van der Waals surface area (Å²) in [5.74, 6) is 1.55. The van der Waals surface area contributed by atoms with Gasteiger partial charge in [-0.25, -0.2) is 0 Å². The second-order valence-corrected chi connectivity index (χ2v) is 4.88. The molecule has 1 heterocycles. The summed E-state index contributed by atoms with van der Waals surface area (Å²) in [4.78, 5) is 11.4. The number of carbonyl (C=O) groups excluding carboxylic acids is 1. The van der Waals surface area contributed by atoms with Crippen LogP contribution in [0.15, 0.2) is 4.42 Å². The molecule has 0 aromatic carbocycles. The first kappa shape index (κ1) is 14.0. The number of thioether (sulfide) groups is 1. The highest BCUT2D eigenvalue weighted by atomic mass is 32.2. The molecule has 0 fully saturated rings. The van der Waals surface area contributed by atoms with E-state index >= 15 is 0 Å². The Morgan fingerprint density at radius 3 is 2.88 bits per heavy atom. The average molecular weight is 259 g/mol. The van der Waals surface area contributed by atoms with E-state index in [0.29, 0.717) is 18.1 Å². The third-order valence-corrected chi connectivity index (χ3v) is 2.90. The van der Waals surface area contributed by atoms with Gasteiger partial charge in [-0.1, -0.05) is 18.9 Å². The van der Waals surface area contributed by atoms with Crippen LogP contribution in [0.3, 0.4) is 0 Å². The number of hydrogen-bond donors (Lipinski definition) is 2. The molecule has 6 nitrogen and oxygen atoms in total. The molecule has 0 spiro atoms. The minimum Gasteiger partial charge on any atom is -0.408 e. The normalized spacial score (nSPS) is 10.8. The van der Waals surface area contributed by atoms with Crippen molar-refractivity contribution in [2.24, 2.45) is 0 Å². The van der Waals surface area contributed by atoms with Crippen molar-refractivity contribution in [2.45, 2.75) is 26.2 Å². The Morgan fingerprint density at radius 2 is 2.29 bits per heavy atom. The lowest BCUT2D eigenvalue weighted by atomic mass is 10.2. The zero-order chi connectivity index (χ0) is 12.7. The van der Waals surface area contributed by atoms with Gasteiger partial charge in [-0.15, -0.1) is 5.10 Å². The quantitative estimate of drug-likeness (QED) is 0.716. The molecule has 0 saturated carbocycles. The molecule has 0 aliphatic carbocycles. The Hall–Kier alpha value is -1.08. The van der Waals surface area contributed by atoms with Gasteiger partial charge < -0.3 is 9.52 Å². The molecule has 7 heteroatoms. The Morgan fingerprint density at radius 1 is 1.53 bits per heavy atom. The summed E-state index contributed by atoms with van der Waals surface area (Å²) < 4.78 is 5.24. The molecule has 0 saturated heterocycles. The van der Waals surface area contributed by atoms with Gasteiger partial charge in [0.05, 0.1) is 5.75 Å². The largest absolute Gasteiger partial charge is 0.408 e. The van der Waals surface area contributed by atoms with Crippen molar-refractivity contribution >= 4 is 23.7 Å². The molecule has 17 heavy (non-hydrogen) atoms. The summed E-state index contributed by atoms with van der Waals surface area (Å²) in [6.07, 6.45) is 0.690. The molecular formula is C10H17N3O3S. The van der Waals surface area contributed by atoms with Crippen LogP contribution in [-0.2, 0) is 4.79 Å². The van der Waals surface area contributed by atoms with Crippen LogP contribution in [0.25, 0.3) is 0 Å². The van der Waals surface area contributed by atoms with Crippen LogP contribution >= 0.6 is 11.8 Å². The molecule has 0 radical (unpaired) electrons. The van der Waals surface area contributed by atoms with Crippen molar-refractivity contribution in [3.8, 4) is 0 Å². The van der Waals surface area contributed by atoms with Gasteiger partial charge in [0.1, 0.15) is 0 Å². The van der Waals surface area contributed by atoms with Crippen LogP contribution in [0.4, 0.5) is 6.01 Å². The van der Waals surface area contributed by atoms with Crippen LogP contribution in [0.5, 0.6) is 0 Å². The lowest BCUT2D eigenvalue weighted by Gasteiger charge is -2.00. The third kappa shape index (κ3) is 5.18. The molecular weight excluding hydrogens is 242 g/mol. The molecule has 1 aromatic rings. The lowest BCUT2D eigenvalue weighted by molar-refractivity contribution is -0.113. The Kier molecular flexibility index (Phi) is 5.99. The minimum absolute atomic E-state index is 0.140. The smallest absolute Gasteiger partial charge is 0.322 e. The van der Waals surface area contributed by atoms with Crippen molar-refractivity contribution in [3.05, 3.63) is 5.89 Å². The zero-order valence-electron chi connectivity index (χ0n) is 9.97. The number of carbonyl (C=O) groups is 1. The fraction of sp³-hybridized carbons (Fsp3) is 0.700. The summed E-state index contributed by atoms with van der Waals surface area (Å²) in [6, 6.07) is 0.140. The third-order valence-electron chi connectivity index (χ3n) is 1.86. The Bertz CT molecular complexity index is 354. The van der Waals surface area contributed by atoms with E-state index < -0.39 is 0 Å². The standard InChI is InChI=1S/C10H17N3O3S/c1-7(2)9-12-13-10(16-9)11-8(15)6-17-5-3-4-14/h7,14H,3-6H2,1-2H3,(H,11,13,15). The number of aromatic nitrogens is 2. The van der Waals surface area contributed by atoms with E-state index in [9.17, 15) is 4.79 Å². The van der Waals surface area contributed by atoms with Gasteiger partial charge in [0, 0.05) is 12.5 Å². The monoisotopic (exact) mass is 259 g/mol. The molecule has 0 aliphatic heterocycles. The average Bonchev–Trinajstić information content (AvgIpc) is 2.73. The van der Waals surface area contributed by atoms with E-state index in [1.54, 1.807) is 0 Å². The van der Waals surface area contributed by atoms with Gasteiger partial charge >= 0.3 is 6.01 Å². The minimum atomic E-state index is -0.174. The SMILES string of the molecule is CC(C)c1nnc(NC(=O)CSCCCO)o1. The number of anilines is 1. The molecule has 0 atom stereocenters. The molecule has 96 valence electrons. The maximum Gasteiger partial charge on any atom is 0.322 e. The molecule has 0 unspecified atom stereocenters. The summed E-state index contributed by atoms with van der Waals surface area (Å²) in [7, 11) is 0. The van der Waals surface area contributed by atoms with Crippen LogP contribution in [0.1, 0.15) is 32.1 Å². The summed E-state index contributed by atoms with van der Waals surface area (Å²) in [5.41, 5.74) is 0. The molecule has 1 aromatic heterocycles. The highest BCUT2D eigenvalue weighted by molar-refractivity contribution is 7.99. The second kappa shape index (κ2) is 7.29. The van der Waals surface area contributed by atoms with Crippen LogP contribution in [0, 0.1) is 0 Å². The van der Waals surface area contributed by atoms with Crippen molar-refractivity contribution in [3.63, 3.8) is 0 Å². The van der Waals surface area contributed by atoms with Gasteiger partial charge in [0.2, 0.25) is 11.8 Å². The maximum absolute atomic E-state index is 11.4. The first-order chi connectivity index (χ1) is 8.13. The fourth-order valence-corrected chi connectivity index (χ4v) is 1.74. The number of amides is 1. The topological polar surface area (TPSA) is 88.2 Å². The summed E-state index contributed by atoms with van der Waals surface area (Å²) in [5, 5.41) is 18.6. The maximum atomic E-state index is 11.4. The Labute approximate surface area is 104 Å². The number of rotatable bonds is 7. The van der Waals surface area contributed by atoms with Crippen molar-refractivity contribution in [1.82, 2.24) is 10.2 Å². The van der Waals surface area contributed by atoms with Crippen molar-refractivity contribution in [1.29, 1.82) is 0 Å². The first-order valence-corrected chi connectivity index (χ1v) is 6.60. The highest BCUT2D eigenvalue weighted by Gasteiger charge is 2.11. The second-order valence-electron chi connectivity index (χ2n) is 3.78. The summed E-state index contributed by atoms with van der Waals surface area (Å²) >= 11 is 1.46. The molecule has 1 rings (SSSR count). The van der Waals surface area contributed by atoms with E-state index in [2.05, 4.69) is 15.5 Å². The lowest BCUT2D eigenvalue weighted by Crippen LogP contribution is -2.14. The summed E-state index contributed by atoms with van der Waals surface area (Å²) in [6.45, 7) is 4.02. The number of hydrogen-bond acceptors (Lipinski definition) is 6. The zero-order valence-corrected chi connectivity index (χ0v) is 10.8. The number of nitrogens with one attached hydrogen (secondary N) is 1.